The van der Waals surface area contributed by atoms with Gasteiger partial charge in [0.05, 0.1) is 0 Å². The molecule has 6 heteroatoms. The van der Waals surface area contributed by atoms with Gasteiger partial charge in [-0.1, -0.05) is 0 Å². The van der Waals surface area contributed by atoms with Crippen LogP contribution in [0.5, 0.6) is 0 Å². The summed E-state index contributed by atoms with van der Waals surface area (Å²) in [5, 5.41) is 3.47. The van der Waals surface area contributed by atoms with Gasteiger partial charge in [-0.25, -0.2) is 9.97 Å². The molecule has 0 radical (unpaired) electrons. The summed E-state index contributed by atoms with van der Waals surface area (Å²) < 4.78 is 6.31. The molecule has 0 spiro atoms. The third-order valence-corrected chi connectivity index (χ3v) is 4.59. The van der Waals surface area contributed by atoms with Crippen molar-refractivity contribution in [2.45, 2.75) is 25.7 Å². The highest BCUT2D eigenvalue weighted by molar-refractivity contribution is 9.10. The normalized spacial score (nSPS) is 13.0. The number of nitrogens with one attached hydrogen (secondary N) is 1. The number of furan rings is 1. The van der Waals surface area contributed by atoms with Gasteiger partial charge < -0.3 is 9.73 Å². The summed E-state index contributed by atoms with van der Waals surface area (Å²) in [6, 6.07) is 7.79. The number of aryl methyl sites for hydroxylation is 1. The summed E-state index contributed by atoms with van der Waals surface area (Å²) in [7, 11) is 0. The number of hydrogen-bond acceptors (Lipinski definition) is 5. The number of halogens is 1. The topological polar surface area (TPSA) is 63.8 Å². The molecule has 24 heavy (non-hydrogen) atoms. The molecule has 3 aromatic heterocycles. The molecule has 0 amide bonds. The minimum absolute atomic E-state index is 0.764. The van der Waals surface area contributed by atoms with Crippen LogP contribution >= 0.6 is 15.9 Å². The van der Waals surface area contributed by atoms with Gasteiger partial charge in [0.2, 0.25) is 0 Å². The van der Waals surface area contributed by atoms with Crippen molar-refractivity contribution in [3.8, 4) is 11.4 Å². The Hall–Kier alpha value is -2.21. The predicted molar refractivity (Wildman–Crippen MR) is 95.9 cm³/mol. The maximum Gasteiger partial charge on any atom is 0.169 e. The fourth-order valence-electron chi connectivity index (χ4n) is 3.00. The van der Waals surface area contributed by atoms with Crippen molar-refractivity contribution < 1.29 is 4.42 Å². The highest BCUT2D eigenvalue weighted by atomic mass is 79.9. The van der Waals surface area contributed by atoms with Crippen molar-refractivity contribution in [1.82, 2.24) is 15.0 Å². The lowest BCUT2D eigenvalue weighted by atomic mass is 10.2. The zero-order valence-electron chi connectivity index (χ0n) is 13.1. The van der Waals surface area contributed by atoms with Crippen molar-refractivity contribution in [3.63, 3.8) is 0 Å². The molecule has 0 unspecified atom stereocenters. The van der Waals surface area contributed by atoms with E-state index in [0.29, 0.717) is 0 Å². The minimum atomic E-state index is 0.764. The van der Waals surface area contributed by atoms with E-state index in [-0.39, 0.29) is 0 Å². The summed E-state index contributed by atoms with van der Waals surface area (Å²) in [6.45, 7) is 0.777. The Bertz CT molecular complexity index is 847. The molecule has 5 nitrogen and oxygen atoms in total. The Morgan fingerprint density at radius 1 is 1.08 bits per heavy atom. The van der Waals surface area contributed by atoms with E-state index < -0.39 is 0 Å². The number of anilines is 1. The summed E-state index contributed by atoms with van der Waals surface area (Å²) >= 11 is 3.33. The van der Waals surface area contributed by atoms with Crippen molar-refractivity contribution in [3.05, 3.63) is 58.3 Å². The van der Waals surface area contributed by atoms with Gasteiger partial charge >= 0.3 is 0 Å². The van der Waals surface area contributed by atoms with Gasteiger partial charge in [-0.2, -0.15) is 0 Å². The first-order chi connectivity index (χ1) is 11.8. The van der Waals surface area contributed by atoms with Crippen molar-refractivity contribution in [2.75, 3.05) is 11.9 Å². The van der Waals surface area contributed by atoms with E-state index in [2.05, 4.69) is 26.2 Å². The number of fused-ring (bicyclic) bond motifs is 1. The molecule has 0 fully saturated rings. The first kappa shape index (κ1) is 15.3. The second-order valence-electron chi connectivity index (χ2n) is 5.79. The molecular weight excluding hydrogens is 368 g/mol. The molecule has 1 aliphatic carbocycles. The lowest BCUT2D eigenvalue weighted by Gasteiger charge is -2.12. The van der Waals surface area contributed by atoms with Crippen LogP contribution in [0, 0.1) is 0 Å². The van der Waals surface area contributed by atoms with Crippen LogP contribution in [-0.2, 0) is 19.3 Å². The van der Waals surface area contributed by atoms with Gasteiger partial charge in [-0.05, 0) is 59.5 Å². The molecule has 0 bridgehead atoms. The summed E-state index contributed by atoms with van der Waals surface area (Å²) in [4.78, 5) is 13.6. The van der Waals surface area contributed by atoms with Crippen LogP contribution in [0.2, 0.25) is 0 Å². The highest BCUT2D eigenvalue weighted by Gasteiger charge is 2.19. The Morgan fingerprint density at radius 3 is 2.75 bits per heavy atom. The Morgan fingerprint density at radius 2 is 1.96 bits per heavy atom. The molecule has 0 saturated carbocycles. The Kier molecular flexibility index (Phi) is 4.30. The van der Waals surface area contributed by atoms with Gasteiger partial charge in [-0.3, -0.25) is 4.98 Å². The third-order valence-electron chi connectivity index (χ3n) is 4.16. The van der Waals surface area contributed by atoms with Crippen LogP contribution in [0.15, 0.2) is 45.7 Å². The lowest BCUT2D eigenvalue weighted by molar-refractivity contribution is 0.491. The van der Waals surface area contributed by atoms with E-state index in [9.17, 15) is 0 Å². The monoisotopic (exact) mass is 384 g/mol. The average Bonchev–Trinajstić information content (AvgIpc) is 3.24. The number of nitrogens with zero attached hydrogens (tertiary/aromatic N) is 3. The fraction of sp³-hybridized carbons (Fsp3) is 0.278. The van der Waals surface area contributed by atoms with Gasteiger partial charge in [0, 0.05) is 42.2 Å². The van der Waals surface area contributed by atoms with Crippen LogP contribution in [0.25, 0.3) is 11.4 Å². The summed E-state index contributed by atoms with van der Waals surface area (Å²) in [5.41, 5.74) is 3.42. The van der Waals surface area contributed by atoms with Gasteiger partial charge in [0.25, 0.3) is 0 Å². The Labute approximate surface area is 148 Å². The molecule has 1 aliphatic rings. The van der Waals surface area contributed by atoms with Gasteiger partial charge in [0.1, 0.15) is 11.6 Å². The quantitative estimate of drug-likeness (QED) is 0.718. The van der Waals surface area contributed by atoms with Crippen molar-refractivity contribution in [1.29, 1.82) is 0 Å². The van der Waals surface area contributed by atoms with Crippen LogP contribution in [-0.4, -0.2) is 21.5 Å². The van der Waals surface area contributed by atoms with E-state index in [1.807, 2.05) is 24.3 Å². The van der Waals surface area contributed by atoms with E-state index in [4.69, 9.17) is 14.4 Å². The van der Waals surface area contributed by atoms with Crippen LogP contribution in [0.1, 0.15) is 23.4 Å². The average molecular weight is 385 g/mol. The first-order valence-electron chi connectivity index (χ1n) is 8.08. The zero-order valence-corrected chi connectivity index (χ0v) is 14.7. The predicted octanol–water partition coefficient (Wildman–Crippen LogP) is 4.04. The maximum absolute atomic E-state index is 5.54. The molecule has 0 atom stereocenters. The van der Waals surface area contributed by atoms with E-state index in [0.717, 1.165) is 59.9 Å². The second kappa shape index (κ2) is 6.73. The molecule has 3 heterocycles. The van der Waals surface area contributed by atoms with Crippen molar-refractivity contribution in [2.24, 2.45) is 0 Å². The second-order valence-corrected chi connectivity index (χ2v) is 6.57. The maximum atomic E-state index is 5.54. The smallest absolute Gasteiger partial charge is 0.169 e. The fourth-order valence-corrected chi connectivity index (χ4v) is 3.34. The number of rotatable bonds is 5. The molecular formula is C18H17BrN4O. The molecule has 122 valence electrons. The van der Waals surface area contributed by atoms with Gasteiger partial charge in [0.15, 0.2) is 10.5 Å². The standard InChI is InChI=1S/C18H17BrN4O/c19-16-5-4-13(24-16)8-11-21-18-14-2-1-3-15(14)22-17(23-18)12-6-9-20-10-7-12/h4-7,9-10H,1-3,8,11H2,(H,21,22,23). The van der Waals surface area contributed by atoms with E-state index in [1.54, 1.807) is 12.4 Å². The summed E-state index contributed by atoms with van der Waals surface area (Å²) in [6.07, 6.45) is 7.57. The lowest BCUT2D eigenvalue weighted by Crippen LogP contribution is -2.10. The molecule has 3 aromatic rings. The Balaban J connectivity index is 1.56. The zero-order chi connectivity index (χ0) is 16.4. The molecule has 1 N–H and O–H groups in total. The van der Waals surface area contributed by atoms with Gasteiger partial charge in [-0.15, -0.1) is 0 Å². The molecule has 0 saturated heterocycles. The molecule has 0 aromatic carbocycles. The largest absolute Gasteiger partial charge is 0.454 e. The SMILES string of the molecule is Brc1ccc(CCNc2nc(-c3ccncc3)nc3c2CCC3)o1. The number of hydrogen-bond donors (Lipinski definition) is 1. The first-order valence-corrected chi connectivity index (χ1v) is 8.87. The van der Waals surface area contributed by atoms with Crippen LogP contribution in [0.4, 0.5) is 5.82 Å². The summed E-state index contributed by atoms with van der Waals surface area (Å²) in [5.74, 6) is 2.67. The molecule has 0 aliphatic heterocycles. The van der Waals surface area contributed by atoms with Crippen molar-refractivity contribution >= 4 is 21.7 Å². The number of aromatic nitrogens is 3. The minimum Gasteiger partial charge on any atom is -0.454 e. The number of pyridine rings is 1. The highest BCUT2D eigenvalue weighted by Crippen LogP contribution is 2.29. The third kappa shape index (κ3) is 3.19. The van der Waals surface area contributed by atoms with E-state index in [1.165, 1.54) is 11.3 Å². The molecule has 4 rings (SSSR count). The van der Waals surface area contributed by atoms with E-state index >= 15 is 0 Å². The van der Waals surface area contributed by atoms with Crippen LogP contribution < -0.4 is 5.32 Å². The van der Waals surface area contributed by atoms with Crippen LogP contribution in [0.3, 0.4) is 0 Å².